The van der Waals surface area contributed by atoms with Crippen molar-refractivity contribution in [3.05, 3.63) is 36.0 Å². The normalized spacial score (nSPS) is 22.8. The molecule has 0 amide bonds. The topological polar surface area (TPSA) is 61.9 Å². The summed E-state index contributed by atoms with van der Waals surface area (Å²) in [5, 5.41) is 10.6. The van der Waals surface area contributed by atoms with Crippen LogP contribution in [0, 0.1) is 17.2 Å². The molecular formula is C16H23N3. The maximum absolute atomic E-state index is 7.23. The maximum atomic E-state index is 7.23. The van der Waals surface area contributed by atoms with E-state index in [1.54, 1.807) is 0 Å². The molecule has 3 heteroatoms. The van der Waals surface area contributed by atoms with Gasteiger partial charge < -0.3 is 16.5 Å². The summed E-state index contributed by atoms with van der Waals surface area (Å²) in [7, 11) is 0. The fourth-order valence-corrected chi connectivity index (χ4v) is 2.68. The van der Waals surface area contributed by atoms with E-state index >= 15 is 0 Å². The Morgan fingerprint density at radius 3 is 2.63 bits per heavy atom. The average molecular weight is 257 g/mol. The number of nitrogen functional groups attached to an aromatic ring is 1. The highest BCUT2D eigenvalue weighted by molar-refractivity contribution is 5.86. The van der Waals surface area contributed by atoms with Crippen molar-refractivity contribution in [1.82, 2.24) is 0 Å². The molecule has 1 aliphatic carbocycles. The van der Waals surface area contributed by atoms with E-state index in [0.29, 0.717) is 11.6 Å². The predicted molar refractivity (Wildman–Crippen MR) is 82.6 cm³/mol. The van der Waals surface area contributed by atoms with E-state index in [1.165, 1.54) is 31.9 Å². The van der Waals surface area contributed by atoms with Crippen LogP contribution in [0.5, 0.6) is 0 Å². The first kappa shape index (κ1) is 13.7. The van der Waals surface area contributed by atoms with Crippen LogP contribution in [0.3, 0.4) is 0 Å². The molecule has 0 saturated heterocycles. The highest BCUT2D eigenvalue weighted by Gasteiger charge is 2.20. The van der Waals surface area contributed by atoms with Gasteiger partial charge in [0.2, 0.25) is 0 Å². The largest absolute Gasteiger partial charge is 0.398 e. The van der Waals surface area contributed by atoms with Gasteiger partial charge in [-0.05, 0) is 42.9 Å². The zero-order valence-corrected chi connectivity index (χ0v) is 11.6. The third kappa shape index (κ3) is 3.37. The van der Waals surface area contributed by atoms with Crippen molar-refractivity contribution in [2.24, 2.45) is 11.8 Å². The molecule has 4 N–H and O–H groups in total. The Kier molecular flexibility index (Phi) is 4.25. The lowest BCUT2D eigenvalue weighted by atomic mass is 9.81. The van der Waals surface area contributed by atoms with Gasteiger partial charge in [0.15, 0.2) is 0 Å². The zero-order valence-electron chi connectivity index (χ0n) is 11.6. The molecule has 2 rings (SSSR count). The van der Waals surface area contributed by atoms with Gasteiger partial charge in [-0.1, -0.05) is 26.3 Å². The second-order valence-electron chi connectivity index (χ2n) is 5.60. The van der Waals surface area contributed by atoms with Gasteiger partial charge in [0, 0.05) is 28.8 Å². The molecule has 1 fully saturated rings. The van der Waals surface area contributed by atoms with Gasteiger partial charge in [0.1, 0.15) is 0 Å². The number of nitrogens with two attached hydrogens (primary N) is 1. The quantitative estimate of drug-likeness (QED) is 0.563. The fraction of sp³-hybridized carbons (Fsp3) is 0.438. The van der Waals surface area contributed by atoms with Crippen LogP contribution in [0.4, 0.5) is 11.4 Å². The van der Waals surface area contributed by atoms with Gasteiger partial charge in [-0.2, -0.15) is 0 Å². The number of hydrogen-bond donors (Lipinski definition) is 3. The first-order valence-corrected chi connectivity index (χ1v) is 6.96. The predicted octanol–water partition coefficient (Wildman–Crippen LogP) is 4.02. The van der Waals surface area contributed by atoms with Crippen LogP contribution in [0.1, 0.15) is 38.2 Å². The third-order valence-electron chi connectivity index (χ3n) is 4.06. The van der Waals surface area contributed by atoms with Gasteiger partial charge >= 0.3 is 0 Å². The highest BCUT2D eigenvalue weighted by Crippen LogP contribution is 2.33. The number of rotatable bonds is 4. The van der Waals surface area contributed by atoms with E-state index in [0.717, 1.165) is 22.9 Å². The summed E-state index contributed by atoms with van der Waals surface area (Å²) in [6.45, 7) is 6.50. The Morgan fingerprint density at radius 2 is 2.05 bits per heavy atom. The van der Waals surface area contributed by atoms with Gasteiger partial charge in [0.25, 0.3) is 0 Å². The second kappa shape index (κ2) is 5.91. The minimum absolute atomic E-state index is 0.569. The van der Waals surface area contributed by atoms with Crippen LogP contribution in [0.2, 0.25) is 0 Å². The van der Waals surface area contributed by atoms with Crippen molar-refractivity contribution in [2.75, 3.05) is 11.1 Å². The first-order valence-electron chi connectivity index (χ1n) is 6.96. The number of benzene rings is 1. The smallest absolute Gasteiger partial charge is 0.0423 e. The molecule has 0 aliphatic heterocycles. The van der Waals surface area contributed by atoms with E-state index < -0.39 is 0 Å². The van der Waals surface area contributed by atoms with Crippen LogP contribution in [-0.4, -0.2) is 6.21 Å². The summed E-state index contributed by atoms with van der Waals surface area (Å²) in [4.78, 5) is 0. The lowest BCUT2D eigenvalue weighted by Gasteiger charge is -2.28. The molecule has 1 aliphatic rings. The minimum Gasteiger partial charge on any atom is -0.398 e. The third-order valence-corrected chi connectivity index (χ3v) is 4.06. The van der Waals surface area contributed by atoms with E-state index in [1.807, 2.05) is 18.2 Å². The summed E-state index contributed by atoms with van der Waals surface area (Å²) in [5.41, 5.74) is 9.32. The van der Waals surface area contributed by atoms with Gasteiger partial charge in [0.05, 0.1) is 0 Å². The van der Waals surface area contributed by atoms with Crippen molar-refractivity contribution in [2.45, 2.75) is 32.6 Å². The summed E-state index contributed by atoms with van der Waals surface area (Å²) in [5.74, 6) is 1.42. The van der Waals surface area contributed by atoms with E-state index in [2.05, 4.69) is 18.8 Å². The van der Waals surface area contributed by atoms with Crippen molar-refractivity contribution < 1.29 is 0 Å². The monoisotopic (exact) mass is 257 g/mol. The van der Waals surface area contributed by atoms with Crippen LogP contribution in [0.15, 0.2) is 30.5 Å². The summed E-state index contributed by atoms with van der Waals surface area (Å²) in [6, 6.07) is 5.69. The Bertz CT molecular complexity index is 471. The summed E-state index contributed by atoms with van der Waals surface area (Å²) < 4.78 is 0. The summed E-state index contributed by atoms with van der Waals surface area (Å²) >= 11 is 0. The maximum Gasteiger partial charge on any atom is 0.0423 e. The molecule has 102 valence electrons. The molecule has 0 radical (unpaired) electrons. The highest BCUT2D eigenvalue weighted by atomic mass is 14.9. The van der Waals surface area contributed by atoms with Crippen molar-refractivity contribution in [1.29, 1.82) is 5.41 Å². The number of allylic oxidation sites excluding steroid dienone is 1. The Balaban J connectivity index is 1.99. The van der Waals surface area contributed by atoms with Crippen LogP contribution < -0.4 is 11.1 Å². The van der Waals surface area contributed by atoms with Crippen LogP contribution in [0.25, 0.3) is 0 Å². The number of anilines is 2. The van der Waals surface area contributed by atoms with Gasteiger partial charge in [-0.25, -0.2) is 0 Å². The zero-order chi connectivity index (χ0) is 13.8. The van der Waals surface area contributed by atoms with Crippen molar-refractivity contribution in [3.63, 3.8) is 0 Å². The van der Waals surface area contributed by atoms with Crippen LogP contribution in [-0.2, 0) is 0 Å². The Labute approximate surface area is 115 Å². The molecule has 0 atom stereocenters. The van der Waals surface area contributed by atoms with Crippen LogP contribution >= 0.6 is 0 Å². The molecule has 1 aromatic rings. The Hall–Kier alpha value is -1.77. The fourth-order valence-electron chi connectivity index (χ4n) is 2.68. The number of hydrogen-bond acceptors (Lipinski definition) is 3. The molecule has 0 heterocycles. The molecule has 1 saturated carbocycles. The standard InChI is InChI=1S/C16H23N3/c1-11-3-5-13(6-4-11)12(2)19-15-8-7-14(10-17)16(18)9-15/h7-11,13,17,19H,2-6,18H2,1H3. The van der Waals surface area contributed by atoms with Crippen molar-refractivity contribution in [3.8, 4) is 0 Å². The SMILES string of the molecule is C=C(Nc1ccc(C=N)c(N)c1)C1CCC(C)CC1. The van der Waals surface area contributed by atoms with Crippen molar-refractivity contribution >= 4 is 17.6 Å². The molecular weight excluding hydrogens is 234 g/mol. The molecule has 0 bridgehead atoms. The average Bonchev–Trinajstić information content (AvgIpc) is 2.39. The first-order chi connectivity index (χ1) is 9.10. The molecule has 3 nitrogen and oxygen atoms in total. The molecule has 0 aromatic heterocycles. The molecule has 0 spiro atoms. The van der Waals surface area contributed by atoms with E-state index in [4.69, 9.17) is 11.1 Å². The second-order valence-corrected chi connectivity index (χ2v) is 5.60. The van der Waals surface area contributed by atoms with E-state index in [9.17, 15) is 0 Å². The molecule has 1 aromatic carbocycles. The molecule has 0 unspecified atom stereocenters. The summed E-state index contributed by atoms with van der Waals surface area (Å²) in [6.07, 6.45) is 6.30. The molecule has 19 heavy (non-hydrogen) atoms. The Morgan fingerprint density at radius 1 is 1.37 bits per heavy atom. The number of nitrogens with one attached hydrogen (secondary N) is 2. The minimum atomic E-state index is 0.569. The van der Waals surface area contributed by atoms with Gasteiger partial charge in [-0.3, -0.25) is 0 Å². The lowest BCUT2D eigenvalue weighted by molar-refractivity contribution is 0.322. The van der Waals surface area contributed by atoms with E-state index in [-0.39, 0.29) is 0 Å². The van der Waals surface area contributed by atoms with Gasteiger partial charge in [-0.15, -0.1) is 0 Å². The lowest BCUT2D eigenvalue weighted by Crippen LogP contribution is -2.17.